The summed E-state index contributed by atoms with van der Waals surface area (Å²) in [5.74, 6) is -0.951. The van der Waals surface area contributed by atoms with E-state index in [1.165, 1.54) is 7.11 Å². The fraction of sp³-hybridized carbons (Fsp3) is 0.429. The van der Waals surface area contributed by atoms with Crippen molar-refractivity contribution < 1.29 is 24.2 Å². The maximum absolute atomic E-state index is 12.1. The van der Waals surface area contributed by atoms with Gasteiger partial charge in [-0.15, -0.1) is 0 Å². The van der Waals surface area contributed by atoms with Crippen LogP contribution in [0.25, 0.3) is 0 Å². The van der Waals surface area contributed by atoms with Gasteiger partial charge in [0.1, 0.15) is 11.8 Å². The van der Waals surface area contributed by atoms with E-state index in [0.29, 0.717) is 17.2 Å². The molecule has 1 heterocycles. The number of carbonyl (C=O) groups excluding carboxylic acids is 1. The lowest BCUT2D eigenvalue weighted by Crippen LogP contribution is -2.47. The summed E-state index contributed by atoms with van der Waals surface area (Å²) >= 11 is 5.89. The van der Waals surface area contributed by atoms with Gasteiger partial charge in [0.25, 0.3) is 5.91 Å². The molecule has 1 aliphatic rings. The number of fused-ring (bicyclic) bond motifs is 1. The van der Waals surface area contributed by atoms with Crippen molar-refractivity contribution in [3.8, 4) is 5.75 Å². The maximum Gasteiger partial charge on any atom is 0.326 e. The molecule has 2 atom stereocenters. The number of ether oxygens (including phenoxy) is 2. The highest BCUT2D eigenvalue weighted by molar-refractivity contribution is 6.30. The standard InChI is InChI=1S/C14H16ClNO5/c1-20-5-4-10(14(18)19)16-13(17)12-7-8-6-9(15)2-3-11(8)21-12/h2-3,6,10,12H,4-5,7H2,1H3,(H,16,17)(H,18,19). The van der Waals surface area contributed by atoms with Crippen LogP contribution in [0, 0.1) is 0 Å². The van der Waals surface area contributed by atoms with Gasteiger partial charge in [-0.2, -0.15) is 0 Å². The molecule has 6 nitrogen and oxygen atoms in total. The van der Waals surface area contributed by atoms with E-state index in [-0.39, 0.29) is 13.0 Å². The number of aliphatic carboxylic acids is 1. The third-order valence-electron chi connectivity index (χ3n) is 3.21. The fourth-order valence-electron chi connectivity index (χ4n) is 2.12. The van der Waals surface area contributed by atoms with Crippen LogP contribution in [0.5, 0.6) is 5.75 Å². The van der Waals surface area contributed by atoms with Gasteiger partial charge in [-0.1, -0.05) is 11.6 Å². The second kappa shape index (κ2) is 6.78. The van der Waals surface area contributed by atoms with E-state index in [1.807, 2.05) is 0 Å². The monoisotopic (exact) mass is 313 g/mol. The number of hydrogen-bond acceptors (Lipinski definition) is 4. The Morgan fingerprint density at radius 1 is 1.57 bits per heavy atom. The molecule has 1 amide bonds. The molecule has 0 spiro atoms. The van der Waals surface area contributed by atoms with Gasteiger partial charge in [0.15, 0.2) is 6.10 Å². The van der Waals surface area contributed by atoms with Gasteiger partial charge in [0.05, 0.1) is 0 Å². The molecule has 2 rings (SSSR count). The highest BCUT2D eigenvalue weighted by Crippen LogP contribution is 2.31. The normalized spacial score (nSPS) is 17.7. The summed E-state index contributed by atoms with van der Waals surface area (Å²) < 4.78 is 10.3. The van der Waals surface area contributed by atoms with Gasteiger partial charge in [0, 0.05) is 31.6 Å². The molecule has 2 unspecified atom stereocenters. The van der Waals surface area contributed by atoms with E-state index in [0.717, 1.165) is 5.56 Å². The van der Waals surface area contributed by atoms with Crippen molar-refractivity contribution in [1.82, 2.24) is 5.32 Å². The Kier molecular flexibility index (Phi) is 5.03. The number of halogens is 1. The van der Waals surface area contributed by atoms with E-state index in [9.17, 15) is 9.59 Å². The largest absolute Gasteiger partial charge is 0.480 e. The summed E-state index contributed by atoms with van der Waals surface area (Å²) in [4.78, 5) is 23.2. The van der Waals surface area contributed by atoms with Crippen LogP contribution in [-0.2, 0) is 20.7 Å². The van der Waals surface area contributed by atoms with Crippen LogP contribution in [-0.4, -0.2) is 42.8 Å². The number of carboxylic acid groups (broad SMARTS) is 1. The maximum atomic E-state index is 12.1. The first kappa shape index (κ1) is 15.6. The molecule has 0 saturated carbocycles. The molecule has 0 aliphatic carbocycles. The lowest BCUT2D eigenvalue weighted by Gasteiger charge is -2.17. The summed E-state index contributed by atoms with van der Waals surface area (Å²) in [6, 6.07) is 4.13. The van der Waals surface area contributed by atoms with Crippen molar-refractivity contribution in [1.29, 1.82) is 0 Å². The molecule has 0 fully saturated rings. The summed E-state index contributed by atoms with van der Waals surface area (Å²) in [7, 11) is 1.47. The molecular weight excluding hydrogens is 298 g/mol. The zero-order valence-corrected chi connectivity index (χ0v) is 12.2. The molecule has 21 heavy (non-hydrogen) atoms. The van der Waals surface area contributed by atoms with Crippen molar-refractivity contribution >= 4 is 23.5 Å². The molecule has 1 aromatic carbocycles. The summed E-state index contributed by atoms with van der Waals surface area (Å²) in [5, 5.41) is 12.1. The molecule has 0 aromatic heterocycles. The molecular formula is C14H16ClNO5. The number of carbonyl (C=O) groups is 2. The number of benzene rings is 1. The summed E-state index contributed by atoms with van der Waals surface area (Å²) in [6.45, 7) is 0.249. The van der Waals surface area contributed by atoms with E-state index in [1.54, 1.807) is 18.2 Å². The zero-order valence-electron chi connectivity index (χ0n) is 11.5. The fourth-order valence-corrected chi connectivity index (χ4v) is 2.32. The van der Waals surface area contributed by atoms with Gasteiger partial charge < -0.3 is 19.9 Å². The first-order chi connectivity index (χ1) is 10.0. The number of amides is 1. The molecule has 1 aromatic rings. The number of nitrogens with one attached hydrogen (secondary N) is 1. The predicted molar refractivity (Wildman–Crippen MR) is 75.6 cm³/mol. The van der Waals surface area contributed by atoms with Crippen LogP contribution in [0.1, 0.15) is 12.0 Å². The van der Waals surface area contributed by atoms with Crippen molar-refractivity contribution in [3.63, 3.8) is 0 Å². The molecule has 1 aliphatic heterocycles. The Bertz CT molecular complexity index is 548. The Morgan fingerprint density at radius 3 is 3.00 bits per heavy atom. The summed E-state index contributed by atoms with van der Waals surface area (Å²) in [6.07, 6.45) is -0.163. The van der Waals surface area contributed by atoms with Crippen LogP contribution in [0.2, 0.25) is 5.02 Å². The molecule has 7 heteroatoms. The molecule has 0 bridgehead atoms. The van der Waals surface area contributed by atoms with Crippen LogP contribution in [0.3, 0.4) is 0 Å². The van der Waals surface area contributed by atoms with Gasteiger partial charge in [-0.25, -0.2) is 4.79 Å². The SMILES string of the molecule is COCCC(NC(=O)C1Cc2cc(Cl)ccc2O1)C(=O)O. The van der Waals surface area contributed by atoms with Crippen LogP contribution < -0.4 is 10.1 Å². The Morgan fingerprint density at radius 2 is 2.33 bits per heavy atom. The quantitative estimate of drug-likeness (QED) is 0.825. The third kappa shape index (κ3) is 3.86. The van der Waals surface area contributed by atoms with Gasteiger partial charge in [-0.3, -0.25) is 4.79 Å². The highest BCUT2D eigenvalue weighted by Gasteiger charge is 2.31. The second-order valence-electron chi connectivity index (χ2n) is 4.74. The highest BCUT2D eigenvalue weighted by atomic mass is 35.5. The zero-order chi connectivity index (χ0) is 15.4. The van der Waals surface area contributed by atoms with E-state index < -0.39 is 24.0 Å². The predicted octanol–water partition coefficient (Wildman–Crippen LogP) is 1.25. The molecule has 2 N–H and O–H groups in total. The minimum absolute atomic E-state index is 0.197. The van der Waals surface area contributed by atoms with Gasteiger partial charge in [0.2, 0.25) is 0 Å². The number of methoxy groups -OCH3 is 1. The molecule has 114 valence electrons. The van der Waals surface area contributed by atoms with Gasteiger partial charge >= 0.3 is 5.97 Å². The average Bonchev–Trinajstić information content (AvgIpc) is 2.85. The van der Waals surface area contributed by atoms with Crippen LogP contribution in [0.15, 0.2) is 18.2 Å². The third-order valence-corrected chi connectivity index (χ3v) is 3.45. The average molecular weight is 314 g/mol. The number of carboxylic acids is 1. The van der Waals surface area contributed by atoms with E-state index >= 15 is 0 Å². The Labute approximate surface area is 127 Å². The van der Waals surface area contributed by atoms with E-state index in [4.69, 9.17) is 26.2 Å². The minimum atomic E-state index is -1.10. The summed E-state index contributed by atoms with van der Waals surface area (Å²) in [5.41, 5.74) is 0.839. The van der Waals surface area contributed by atoms with Crippen molar-refractivity contribution in [3.05, 3.63) is 28.8 Å². The van der Waals surface area contributed by atoms with Crippen molar-refractivity contribution in [2.75, 3.05) is 13.7 Å². The lowest BCUT2D eigenvalue weighted by molar-refractivity contribution is -0.143. The lowest BCUT2D eigenvalue weighted by atomic mass is 10.1. The van der Waals surface area contributed by atoms with E-state index in [2.05, 4.69) is 5.32 Å². The Hall–Kier alpha value is -1.79. The van der Waals surface area contributed by atoms with Gasteiger partial charge in [-0.05, 0) is 23.8 Å². The topological polar surface area (TPSA) is 84.9 Å². The smallest absolute Gasteiger partial charge is 0.326 e. The first-order valence-corrected chi connectivity index (χ1v) is 6.86. The Balaban J connectivity index is 1.97. The number of rotatable bonds is 6. The molecule has 0 radical (unpaired) electrons. The van der Waals surface area contributed by atoms with Crippen molar-refractivity contribution in [2.45, 2.75) is 25.0 Å². The van der Waals surface area contributed by atoms with Crippen molar-refractivity contribution in [2.24, 2.45) is 0 Å². The number of hydrogen-bond donors (Lipinski definition) is 2. The van der Waals surface area contributed by atoms with Crippen LogP contribution >= 0.6 is 11.6 Å². The molecule has 0 saturated heterocycles. The second-order valence-corrected chi connectivity index (χ2v) is 5.18. The van der Waals surface area contributed by atoms with Crippen LogP contribution in [0.4, 0.5) is 0 Å². The first-order valence-electron chi connectivity index (χ1n) is 6.48. The minimum Gasteiger partial charge on any atom is -0.480 e.